The molecule has 0 spiro atoms. The van der Waals surface area contributed by atoms with Gasteiger partial charge >= 0.3 is 0 Å². The van der Waals surface area contributed by atoms with Crippen molar-refractivity contribution in [1.29, 1.82) is 0 Å². The maximum Gasteiger partial charge on any atom is 0.235 e. The van der Waals surface area contributed by atoms with Gasteiger partial charge in [-0.05, 0) is 24.3 Å². The van der Waals surface area contributed by atoms with Crippen LogP contribution in [0.3, 0.4) is 0 Å². The molecule has 1 fully saturated rings. The van der Waals surface area contributed by atoms with E-state index in [2.05, 4.69) is 4.99 Å². The fraction of sp³-hybridized carbons (Fsp3) is 0.273. The predicted octanol–water partition coefficient (Wildman–Crippen LogP) is 1.27. The zero-order valence-corrected chi connectivity index (χ0v) is 8.39. The Morgan fingerprint density at radius 2 is 2.06 bits per heavy atom. The predicted molar refractivity (Wildman–Crippen MR) is 55.3 cm³/mol. The molecule has 0 saturated carbocycles. The van der Waals surface area contributed by atoms with Gasteiger partial charge in [-0.15, -0.1) is 0 Å². The summed E-state index contributed by atoms with van der Waals surface area (Å²) in [5.41, 5.74) is 0.620. The molecule has 1 heterocycles. The van der Waals surface area contributed by atoms with Crippen LogP contribution < -0.4 is 4.90 Å². The van der Waals surface area contributed by atoms with E-state index in [1.165, 1.54) is 35.2 Å². The molecule has 16 heavy (non-hydrogen) atoms. The van der Waals surface area contributed by atoms with E-state index in [-0.39, 0.29) is 24.2 Å². The molecule has 1 aliphatic rings. The van der Waals surface area contributed by atoms with Crippen LogP contribution in [0, 0.1) is 5.82 Å². The standard InChI is InChI=1S/C11H9FN2O2/c12-8-1-3-10(4-2-8)14-6-9(13-7-15)5-11(14)16/h1-4,9H,5-6H2. The molecule has 5 heteroatoms. The average molecular weight is 220 g/mol. The molecular weight excluding hydrogens is 211 g/mol. The van der Waals surface area contributed by atoms with E-state index >= 15 is 0 Å². The Morgan fingerprint density at radius 1 is 1.38 bits per heavy atom. The number of amides is 1. The third-order valence-electron chi connectivity index (χ3n) is 2.48. The molecule has 0 radical (unpaired) electrons. The van der Waals surface area contributed by atoms with Gasteiger partial charge in [0, 0.05) is 12.2 Å². The summed E-state index contributed by atoms with van der Waals surface area (Å²) in [4.78, 5) is 26.7. The Morgan fingerprint density at radius 3 is 2.69 bits per heavy atom. The van der Waals surface area contributed by atoms with Crippen molar-refractivity contribution >= 4 is 17.7 Å². The van der Waals surface area contributed by atoms with Crippen molar-refractivity contribution < 1.29 is 14.0 Å². The Kier molecular flexibility index (Phi) is 2.79. The van der Waals surface area contributed by atoms with Gasteiger partial charge in [-0.1, -0.05) is 0 Å². The molecule has 2 rings (SSSR count). The molecule has 1 amide bonds. The number of hydrogen-bond acceptors (Lipinski definition) is 3. The highest BCUT2D eigenvalue weighted by Gasteiger charge is 2.30. The van der Waals surface area contributed by atoms with Crippen LogP contribution in [0.4, 0.5) is 10.1 Å². The Hall–Kier alpha value is -2.00. The molecule has 0 aromatic heterocycles. The summed E-state index contributed by atoms with van der Waals surface area (Å²) in [6, 6.07) is 5.30. The number of halogens is 1. The highest BCUT2D eigenvalue weighted by Crippen LogP contribution is 2.22. The first kappa shape index (κ1) is 10.5. The first-order chi connectivity index (χ1) is 7.70. The lowest BCUT2D eigenvalue weighted by molar-refractivity contribution is -0.117. The molecule has 82 valence electrons. The minimum Gasteiger partial charge on any atom is -0.310 e. The van der Waals surface area contributed by atoms with Gasteiger partial charge in [-0.25, -0.2) is 14.2 Å². The summed E-state index contributed by atoms with van der Waals surface area (Å²) in [6.07, 6.45) is 1.65. The van der Waals surface area contributed by atoms with E-state index in [1.807, 2.05) is 0 Å². The Bertz CT molecular complexity index is 452. The molecule has 1 aromatic rings. The van der Waals surface area contributed by atoms with E-state index in [0.29, 0.717) is 12.2 Å². The molecule has 0 N–H and O–H groups in total. The zero-order valence-electron chi connectivity index (χ0n) is 8.39. The zero-order chi connectivity index (χ0) is 11.5. The van der Waals surface area contributed by atoms with Crippen LogP contribution in [0.25, 0.3) is 0 Å². The molecular formula is C11H9FN2O2. The topological polar surface area (TPSA) is 49.7 Å². The molecule has 1 aromatic carbocycles. The van der Waals surface area contributed by atoms with Crippen LogP contribution in [-0.4, -0.2) is 24.6 Å². The van der Waals surface area contributed by atoms with Crippen molar-refractivity contribution in [1.82, 2.24) is 0 Å². The molecule has 1 aliphatic heterocycles. The van der Waals surface area contributed by atoms with Gasteiger partial charge in [0.25, 0.3) is 0 Å². The highest BCUT2D eigenvalue weighted by molar-refractivity contribution is 5.96. The molecule has 1 atom stereocenters. The van der Waals surface area contributed by atoms with E-state index in [9.17, 15) is 14.0 Å². The van der Waals surface area contributed by atoms with E-state index in [4.69, 9.17) is 0 Å². The molecule has 0 bridgehead atoms. The third-order valence-corrected chi connectivity index (χ3v) is 2.48. The molecule has 1 unspecified atom stereocenters. The van der Waals surface area contributed by atoms with Crippen molar-refractivity contribution in [3.8, 4) is 0 Å². The largest absolute Gasteiger partial charge is 0.310 e. The first-order valence-corrected chi connectivity index (χ1v) is 4.83. The first-order valence-electron chi connectivity index (χ1n) is 4.83. The highest BCUT2D eigenvalue weighted by atomic mass is 19.1. The van der Waals surface area contributed by atoms with E-state index < -0.39 is 0 Å². The number of anilines is 1. The van der Waals surface area contributed by atoms with Crippen molar-refractivity contribution in [2.24, 2.45) is 4.99 Å². The van der Waals surface area contributed by atoms with Gasteiger partial charge in [0.2, 0.25) is 12.0 Å². The Labute approximate surface area is 91.4 Å². The Balaban J connectivity index is 2.19. The SMILES string of the molecule is O=C=NC1CC(=O)N(c2ccc(F)cc2)C1. The maximum atomic E-state index is 12.7. The summed E-state index contributed by atoms with van der Waals surface area (Å²) < 4.78 is 12.7. The summed E-state index contributed by atoms with van der Waals surface area (Å²) in [7, 11) is 0. The summed E-state index contributed by atoms with van der Waals surface area (Å²) in [5.74, 6) is -0.464. The number of nitrogens with zero attached hydrogens (tertiary/aromatic N) is 2. The van der Waals surface area contributed by atoms with Crippen LogP contribution >= 0.6 is 0 Å². The smallest absolute Gasteiger partial charge is 0.235 e. The number of hydrogen-bond donors (Lipinski definition) is 0. The lowest BCUT2D eigenvalue weighted by atomic mass is 10.3. The summed E-state index contributed by atoms with van der Waals surface area (Å²) in [6.45, 7) is 0.347. The van der Waals surface area contributed by atoms with Crippen molar-refractivity contribution in [2.75, 3.05) is 11.4 Å². The number of aliphatic imine (C=N–C) groups is 1. The number of benzene rings is 1. The fourth-order valence-corrected chi connectivity index (χ4v) is 1.72. The van der Waals surface area contributed by atoms with Crippen molar-refractivity contribution in [3.63, 3.8) is 0 Å². The second-order valence-electron chi connectivity index (χ2n) is 3.56. The second kappa shape index (κ2) is 4.24. The van der Waals surface area contributed by atoms with Crippen LogP contribution in [0.5, 0.6) is 0 Å². The number of rotatable bonds is 2. The van der Waals surface area contributed by atoms with Crippen LogP contribution in [-0.2, 0) is 9.59 Å². The normalized spacial score (nSPS) is 19.7. The second-order valence-corrected chi connectivity index (χ2v) is 3.56. The quantitative estimate of drug-likeness (QED) is 0.556. The summed E-state index contributed by atoms with van der Waals surface area (Å²) in [5, 5.41) is 0. The van der Waals surface area contributed by atoms with Gasteiger partial charge < -0.3 is 4.90 Å². The number of carbonyl (C=O) groups excluding carboxylic acids is 2. The average Bonchev–Trinajstić information content (AvgIpc) is 2.61. The van der Waals surface area contributed by atoms with Crippen LogP contribution in [0.2, 0.25) is 0 Å². The molecule has 1 saturated heterocycles. The van der Waals surface area contributed by atoms with Gasteiger partial charge in [0.1, 0.15) is 5.82 Å². The number of isocyanates is 1. The van der Waals surface area contributed by atoms with Gasteiger partial charge in [-0.3, -0.25) is 4.79 Å². The molecule has 0 aliphatic carbocycles. The van der Waals surface area contributed by atoms with E-state index in [1.54, 1.807) is 0 Å². The van der Waals surface area contributed by atoms with Gasteiger partial charge in [0.05, 0.1) is 12.5 Å². The van der Waals surface area contributed by atoms with Gasteiger partial charge in [-0.2, -0.15) is 0 Å². The number of carbonyl (C=O) groups is 1. The van der Waals surface area contributed by atoms with Gasteiger partial charge in [0.15, 0.2) is 0 Å². The van der Waals surface area contributed by atoms with Crippen LogP contribution in [0.1, 0.15) is 6.42 Å². The van der Waals surface area contributed by atoms with Crippen molar-refractivity contribution in [2.45, 2.75) is 12.5 Å². The van der Waals surface area contributed by atoms with E-state index in [0.717, 1.165) is 0 Å². The lowest BCUT2D eigenvalue weighted by Crippen LogP contribution is -2.24. The van der Waals surface area contributed by atoms with Crippen molar-refractivity contribution in [3.05, 3.63) is 30.1 Å². The lowest BCUT2D eigenvalue weighted by Gasteiger charge is -2.15. The molecule has 4 nitrogen and oxygen atoms in total. The minimum absolute atomic E-state index is 0.115. The minimum atomic E-state index is -0.349. The fourth-order valence-electron chi connectivity index (χ4n) is 1.72. The van der Waals surface area contributed by atoms with Crippen LogP contribution in [0.15, 0.2) is 29.3 Å². The maximum absolute atomic E-state index is 12.7. The summed E-state index contributed by atoms with van der Waals surface area (Å²) >= 11 is 0. The third kappa shape index (κ3) is 1.99. The monoisotopic (exact) mass is 220 g/mol.